The second-order valence-corrected chi connectivity index (χ2v) is 6.93. The van der Waals surface area contributed by atoms with Gasteiger partial charge in [0.25, 0.3) is 0 Å². The summed E-state index contributed by atoms with van der Waals surface area (Å²) in [6.07, 6.45) is 4.47. The van der Waals surface area contributed by atoms with Crippen molar-refractivity contribution in [1.82, 2.24) is 9.88 Å². The maximum absolute atomic E-state index is 5.81. The molecule has 0 bridgehead atoms. The van der Waals surface area contributed by atoms with Gasteiger partial charge in [-0.05, 0) is 18.9 Å². The molecule has 1 atom stereocenters. The number of nitrogens with zero attached hydrogens (tertiary/aromatic N) is 2. The number of rotatable bonds is 7. The molecule has 2 heterocycles. The van der Waals surface area contributed by atoms with Gasteiger partial charge in [0.2, 0.25) is 0 Å². The molecule has 5 nitrogen and oxygen atoms in total. The van der Waals surface area contributed by atoms with E-state index in [1.807, 2.05) is 24.4 Å². The van der Waals surface area contributed by atoms with Crippen molar-refractivity contribution in [3.63, 3.8) is 0 Å². The molecule has 3 rings (SSSR count). The number of nitrogen functional groups attached to an aromatic ring is 1. The highest BCUT2D eigenvalue weighted by Gasteiger charge is 2.21. The zero-order valence-electron chi connectivity index (χ0n) is 13.4. The first kappa shape index (κ1) is 16.2. The van der Waals surface area contributed by atoms with E-state index < -0.39 is 0 Å². The lowest BCUT2D eigenvalue weighted by molar-refractivity contribution is 0.0679. The molecule has 1 aliphatic heterocycles. The van der Waals surface area contributed by atoms with E-state index in [1.54, 1.807) is 18.4 Å². The average Bonchev–Trinajstić information content (AvgIpc) is 3.20. The molecule has 23 heavy (non-hydrogen) atoms. The molecule has 1 aromatic heterocycles. The molecule has 0 spiro atoms. The van der Waals surface area contributed by atoms with Crippen LogP contribution in [0.1, 0.15) is 23.3 Å². The largest absolute Gasteiger partial charge is 0.496 e. The van der Waals surface area contributed by atoms with Gasteiger partial charge in [-0.1, -0.05) is 18.2 Å². The molecule has 1 aliphatic rings. The highest BCUT2D eigenvalue weighted by Crippen LogP contribution is 2.24. The minimum atomic E-state index is 0.315. The Balaban J connectivity index is 1.73. The number of para-hydroxylation sites is 1. The fourth-order valence-electron chi connectivity index (χ4n) is 2.95. The van der Waals surface area contributed by atoms with Crippen molar-refractivity contribution in [3.05, 3.63) is 40.9 Å². The molecule has 1 saturated heterocycles. The molecular weight excluding hydrogens is 310 g/mol. The summed E-state index contributed by atoms with van der Waals surface area (Å²) < 4.78 is 11.3. The molecule has 0 amide bonds. The van der Waals surface area contributed by atoms with E-state index in [4.69, 9.17) is 15.2 Å². The fourth-order valence-corrected chi connectivity index (χ4v) is 3.68. The zero-order chi connectivity index (χ0) is 16.1. The number of hydrogen-bond acceptors (Lipinski definition) is 6. The van der Waals surface area contributed by atoms with Gasteiger partial charge in [0.1, 0.15) is 5.75 Å². The maximum atomic E-state index is 5.81. The molecule has 1 aromatic carbocycles. The maximum Gasteiger partial charge on any atom is 0.180 e. The molecular formula is C17H23N3O2S. The van der Waals surface area contributed by atoms with Crippen molar-refractivity contribution in [2.75, 3.05) is 26.0 Å². The smallest absolute Gasteiger partial charge is 0.180 e. The number of benzene rings is 1. The summed E-state index contributed by atoms with van der Waals surface area (Å²) in [6.45, 7) is 3.44. The van der Waals surface area contributed by atoms with E-state index in [9.17, 15) is 0 Å². The van der Waals surface area contributed by atoms with Crippen LogP contribution in [-0.4, -0.2) is 36.2 Å². The van der Waals surface area contributed by atoms with Gasteiger partial charge in [-0.15, -0.1) is 11.3 Å². The number of ether oxygens (including phenoxy) is 2. The average molecular weight is 333 g/mol. The van der Waals surface area contributed by atoms with E-state index in [1.165, 1.54) is 10.4 Å². The van der Waals surface area contributed by atoms with Gasteiger partial charge in [0.05, 0.1) is 13.2 Å². The SMILES string of the molecule is COc1ccccc1CN(Cc1cnc(N)s1)CC1CCCO1. The summed E-state index contributed by atoms with van der Waals surface area (Å²) >= 11 is 1.55. The first-order valence-corrected chi connectivity index (χ1v) is 8.72. The van der Waals surface area contributed by atoms with E-state index in [0.29, 0.717) is 11.2 Å². The number of anilines is 1. The van der Waals surface area contributed by atoms with Gasteiger partial charge in [0.15, 0.2) is 5.13 Å². The number of methoxy groups -OCH3 is 1. The molecule has 1 fully saturated rings. The first-order valence-electron chi connectivity index (χ1n) is 7.90. The van der Waals surface area contributed by atoms with Crippen molar-refractivity contribution in [1.29, 1.82) is 0 Å². The van der Waals surface area contributed by atoms with Crippen LogP contribution in [0.15, 0.2) is 30.5 Å². The first-order chi connectivity index (χ1) is 11.2. The van der Waals surface area contributed by atoms with Gasteiger partial charge < -0.3 is 15.2 Å². The van der Waals surface area contributed by atoms with Crippen LogP contribution in [0, 0.1) is 0 Å². The number of thiazole rings is 1. The second kappa shape index (κ2) is 7.77. The van der Waals surface area contributed by atoms with Crippen LogP contribution in [0.2, 0.25) is 0 Å². The Kier molecular flexibility index (Phi) is 5.48. The third kappa shape index (κ3) is 4.43. The van der Waals surface area contributed by atoms with Crippen LogP contribution in [0.25, 0.3) is 0 Å². The van der Waals surface area contributed by atoms with Crippen molar-refractivity contribution in [3.8, 4) is 5.75 Å². The molecule has 124 valence electrons. The molecule has 0 aliphatic carbocycles. The van der Waals surface area contributed by atoms with Gasteiger partial charge in [-0.3, -0.25) is 4.90 Å². The Morgan fingerprint density at radius 1 is 1.39 bits per heavy atom. The van der Waals surface area contributed by atoms with Crippen LogP contribution in [0.5, 0.6) is 5.75 Å². The lowest BCUT2D eigenvalue weighted by Gasteiger charge is -2.25. The predicted molar refractivity (Wildman–Crippen MR) is 92.6 cm³/mol. The molecule has 6 heteroatoms. The minimum absolute atomic E-state index is 0.315. The zero-order valence-corrected chi connectivity index (χ0v) is 14.2. The standard InChI is InChI=1S/C17H23N3O2S/c1-21-16-7-3-2-5-13(16)10-20(11-14-6-4-8-22-14)12-15-9-19-17(18)23-15/h2-3,5,7,9,14H,4,6,8,10-12H2,1H3,(H2,18,19). The highest BCUT2D eigenvalue weighted by molar-refractivity contribution is 7.15. The van der Waals surface area contributed by atoms with Crippen molar-refractivity contribution < 1.29 is 9.47 Å². The van der Waals surface area contributed by atoms with Crippen LogP contribution >= 0.6 is 11.3 Å². The van der Waals surface area contributed by atoms with Crippen molar-refractivity contribution >= 4 is 16.5 Å². The Labute approximate surface area is 141 Å². The molecule has 0 saturated carbocycles. The van der Waals surface area contributed by atoms with E-state index >= 15 is 0 Å². The van der Waals surface area contributed by atoms with E-state index in [2.05, 4.69) is 16.0 Å². The molecule has 0 radical (unpaired) electrons. The Hall–Kier alpha value is -1.63. The Morgan fingerprint density at radius 2 is 2.26 bits per heavy atom. The van der Waals surface area contributed by atoms with Crippen molar-refractivity contribution in [2.24, 2.45) is 0 Å². The van der Waals surface area contributed by atoms with Crippen LogP contribution in [-0.2, 0) is 17.8 Å². The quantitative estimate of drug-likeness (QED) is 0.844. The van der Waals surface area contributed by atoms with Crippen LogP contribution < -0.4 is 10.5 Å². The van der Waals surface area contributed by atoms with Gasteiger partial charge in [0, 0.05) is 42.9 Å². The molecule has 1 unspecified atom stereocenters. The van der Waals surface area contributed by atoms with Crippen molar-refractivity contribution in [2.45, 2.75) is 32.0 Å². The third-order valence-corrected chi connectivity index (χ3v) is 4.83. The summed E-state index contributed by atoms with van der Waals surface area (Å²) in [7, 11) is 1.72. The number of aromatic nitrogens is 1. The number of hydrogen-bond donors (Lipinski definition) is 1. The van der Waals surface area contributed by atoms with Gasteiger partial charge in [-0.25, -0.2) is 4.98 Å². The predicted octanol–water partition coefficient (Wildman–Crippen LogP) is 2.92. The Morgan fingerprint density at radius 3 is 2.96 bits per heavy atom. The minimum Gasteiger partial charge on any atom is -0.496 e. The van der Waals surface area contributed by atoms with E-state index in [0.717, 1.165) is 44.8 Å². The molecule has 2 aromatic rings. The summed E-state index contributed by atoms with van der Waals surface area (Å²) in [5, 5.41) is 0.620. The Bertz CT molecular complexity index is 626. The third-order valence-electron chi connectivity index (χ3n) is 4.02. The molecule has 2 N–H and O–H groups in total. The monoisotopic (exact) mass is 333 g/mol. The summed E-state index contributed by atoms with van der Waals surface area (Å²) in [5.74, 6) is 0.925. The lowest BCUT2D eigenvalue weighted by atomic mass is 10.1. The van der Waals surface area contributed by atoms with Crippen LogP contribution in [0.4, 0.5) is 5.13 Å². The topological polar surface area (TPSA) is 60.6 Å². The van der Waals surface area contributed by atoms with Gasteiger partial charge >= 0.3 is 0 Å². The summed E-state index contributed by atoms with van der Waals surface area (Å²) in [4.78, 5) is 7.72. The summed E-state index contributed by atoms with van der Waals surface area (Å²) in [6, 6.07) is 8.16. The summed E-state index contributed by atoms with van der Waals surface area (Å²) in [5.41, 5.74) is 6.95. The number of nitrogens with two attached hydrogens (primary N) is 1. The lowest BCUT2D eigenvalue weighted by Crippen LogP contribution is -2.31. The highest BCUT2D eigenvalue weighted by atomic mass is 32.1. The van der Waals surface area contributed by atoms with Crippen LogP contribution in [0.3, 0.4) is 0 Å². The fraction of sp³-hybridized carbons (Fsp3) is 0.471. The van der Waals surface area contributed by atoms with Gasteiger partial charge in [-0.2, -0.15) is 0 Å². The van der Waals surface area contributed by atoms with E-state index in [-0.39, 0.29) is 0 Å². The second-order valence-electron chi connectivity index (χ2n) is 5.78. The normalized spacial score (nSPS) is 17.7.